The highest BCUT2D eigenvalue weighted by molar-refractivity contribution is 7.98. The number of halogens is 1. The van der Waals surface area contributed by atoms with Gasteiger partial charge in [-0.15, -0.1) is 0 Å². The number of nitrogens with one attached hydrogen (secondary N) is 1. The highest BCUT2D eigenvalue weighted by Gasteiger charge is 2.17. The van der Waals surface area contributed by atoms with Gasteiger partial charge in [0.05, 0.1) is 12.2 Å². The van der Waals surface area contributed by atoms with Crippen LogP contribution < -0.4 is 15.2 Å². The van der Waals surface area contributed by atoms with Gasteiger partial charge in [0.15, 0.2) is 5.82 Å². The fourth-order valence-corrected chi connectivity index (χ4v) is 4.62. The van der Waals surface area contributed by atoms with Crippen molar-refractivity contribution >= 4 is 26.7 Å². The molecule has 2 aromatic carbocycles. The van der Waals surface area contributed by atoms with E-state index in [2.05, 4.69) is 20.3 Å². The van der Waals surface area contributed by atoms with E-state index in [1.165, 1.54) is 49.3 Å². The summed E-state index contributed by atoms with van der Waals surface area (Å²) in [6, 6.07) is 11.6. The maximum Gasteiger partial charge on any atom is 0.230 e. The molecule has 0 saturated heterocycles. The van der Waals surface area contributed by atoms with Gasteiger partial charge >= 0.3 is 0 Å². The Morgan fingerprint density at radius 1 is 1.18 bits per heavy atom. The number of nitrogens with zero attached hydrogens (tertiary/aromatic N) is 3. The van der Waals surface area contributed by atoms with E-state index in [1.807, 2.05) is 18.2 Å². The van der Waals surface area contributed by atoms with Gasteiger partial charge in [0.2, 0.25) is 5.95 Å². The van der Waals surface area contributed by atoms with Gasteiger partial charge in [0.1, 0.15) is 17.9 Å². The van der Waals surface area contributed by atoms with Crippen LogP contribution in [0, 0.1) is 11.7 Å². The lowest BCUT2D eigenvalue weighted by atomic mass is 9.90. The van der Waals surface area contributed by atoms with Crippen LogP contribution in [0.2, 0.25) is 0 Å². The zero-order valence-corrected chi connectivity index (χ0v) is 19.4. The van der Waals surface area contributed by atoms with Crippen LogP contribution in [0.5, 0.6) is 5.75 Å². The SMILES string of the molecule is CS(N)(=O)=Cc1cccc(Nc2ncnc(-c3ccc(F)cc3OCC3CCCCC3)n2)c1. The Hall–Kier alpha value is -3.04. The van der Waals surface area contributed by atoms with Gasteiger partial charge in [0.25, 0.3) is 0 Å². The number of rotatable bonds is 7. The Morgan fingerprint density at radius 3 is 2.79 bits per heavy atom. The zero-order valence-electron chi connectivity index (χ0n) is 18.5. The molecular formula is C24H28FN5O2S. The summed E-state index contributed by atoms with van der Waals surface area (Å²) in [5.74, 6) is 1.25. The summed E-state index contributed by atoms with van der Waals surface area (Å²) in [7, 11) is -2.52. The van der Waals surface area contributed by atoms with E-state index in [4.69, 9.17) is 9.88 Å². The van der Waals surface area contributed by atoms with Gasteiger partial charge in [-0.05, 0) is 48.6 Å². The Balaban J connectivity index is 1.55. The summed E-state index contributed by atoms with van der Waals surface area (Å²) >= 11 is 0. The Bertz CT molecular complexity index is 1230. The molecule has 1 aliphatic carbocycles. The molecule has 0 aliphatic heterocycles. The molecule has 0 spiro atoms. The summed E-state index contributed by atoms with van der Waals surface area (Å²) in [6.45, 7) is 0.553. The fourth-order valence-electron chi connectivity index (χ4n) is 3.94. The average Bonchev–Trinajstić information content (AvgIpc) is 2.78. The van der Waals surface area contributed by atoms with Crippen molar-refractivity contribution in [2.45, 2.75) is 32.1 Å². The maximum atomic E-state index is 14.0. The minimum Gasteiger partial charge on any atom is -0.492 e. The van der Waals surface area contributed by atoms with Gasteiger partial charge in [-0.3, -0.25) is 9.35 Å². The first-order valence-corrected chi connectivity index (χ1v) is 13.1. The number of hydrogen-bond acceptors (Lipinski definition) is 6. The quantitative estimate of drug-likeness (QED) is 0.500. The van der Waals surface area contributed by atoms with E-state index in [1.54, 1.807) is 12.1 Å². The molecule has 1 aromatic heterocycles. The molecule has 33 heavy (non-hydrogen) atoms. The molecule has 1 fully saturated rings. The highest BCUT2D eigenvalue weighted by atomic mass is 32.2. The number of aromatic nitrogens is 3. The lowest BCUT2D eigenvalue weighted by Crippen LogP contribution is -2.15. The third kappa shape index (κ3) is 6.72. The lowest BCUT2D eigenvalue weighted by Gasteiger charge is -2.22. The number of nitrogens with two attached hydrogens (primary N) is 1. The predicted molar refractivity (Wildman–Crippen MR) is 130 cm³/mol. The van der Waals surface area contributed by atoms with Crippen molar-refractivity contribution in [1.82, 2.24) is 15.0 Å². The number of benzene rings is 2. The minimum atomic E-state index is -2.52. The molecule has 3 N–H and O–H groups in total. The van der Waals surface area contributed by atoms with E-state index in [9.17, 15) is 8.60 Å². The topological polar surface area (TPSA) is 103 Å². The second kappa shape index (κ2) is 10.3. The third-order valence-electron chi connectivity index (χ3n) is 5.47. The van der Waals surface area contributed by atoms with Crippen LogP contribution in [0.1, 0.15) is 37.7 Å². The molecule has 9 heteroatoms. The summed E-state index contributed by atoms with van der Waals surface area (Å²) in [6.07, 6.45) is 8.84. The zero-order chi connectivity index (χ0) is 23.3. The van der Waals surface area contributed by atoms with Crippen LogP contribution in [0.4, 0.5) is 16.0 Å². The van der Waals surface area contributed by atoms with E-state index in [0.29, 0.717) is 41.3 Å². The van der Waals surface area contributed by atoms with Crippen molar-refractivity contribution in [3.63, 3.8) is 0 Å². The van der Waals surface area contributed by atoms with Crippen LogP contribution in [0.25, 0.3) is 11.4 Å². The van der Waals surface area contributed by atoms with E-state index < -0.39 is 9.71 Å². The molecular weight excluding hydrogens is 441 g/mol. The molecule has 1 atom stereocenters. The molecule has 7 nitrogen and oxygen atoms in total. The molecule has 1 unspecified atom stereocenters. The number of ether oxygens (including phenoxy) is 1. The smallest absolute Gasteiger partial charge is 0.230 e. The van der Waals surface area contributed by atoms with Crippen LogP contribution in [0.3, 0.4) is 0 Å². The summed E-state index contributed by atoms with van der Waals surface area (Å²) in [5, 5.41) is 10.3. The first kappa shape index (κ1) is 23.1. The third-order valence-corrected chi connectivity index (χ3v) is 6.21. The van der Waals surface area contributed by atoms with Crippen LogP contribution in [-0.4, -0.2) is 37.4 Å². The van der Waals surface area contributed by atoms with Gasteiger partial charge in [-0.1, -0.05) is 31.4 Å². The summed E-state index contributed by atoms with van der Waals surface area (Å²) < 4.78 is 31.9. The van der Waals surface area contributed by atoms with Gasteiger partial charge in [0, 0.05) is 33.1 Å². The normalized spacial score (nSPS) is 16.1. The van der Waals surface area contributed by atoms with Gasteiger partial charge in [-0.2, -0.15) is 4.98 Å². The van der Waals surface area contributed by atoms with Crippen molar-refractivity contribution in [1.29, 1.82) is 0 Å². The Kier molecular flexibility index (Phi) is 7.20. The standard InChI is InChI=1S/C24H28FN5O2S/c1-33(26,31)15-18-8-5-9-20(12-18)29-24-28-16-27-23(30-24)21-11-10-19(25)13-22(21)32-14-17-6-3-2-4-7-17/h5,8-13,15-17H,2-4,6-7,14H2,1H3,(H2,26,31)(H,27,28,29,30). The van der Waals surface area contributed by atoms with Crippen molar-refractivity contribution in [3.05, 3.63) is 60.2 Å². The first-order valence-electron chi connectivity index (χ1n) is 11.0. The molecule has 0 radical (unpaired) electrons. The predicted octanol–water partition coefficient (Wildman–Crippen LogP) is 4.32. The molecule has 3 aromatic rings. The molecule has 1 heterocycles. The second-order valence-corrected chi connectivity index (χ2v) is 10.6. The molecule has 1 saturated carbocycles. The lowest BCUT2D eigenvalue weighted by molar-refractivity contribution is 0.209. The molecule has 1 aliphatic rings. The van der Waals surface area contributed by atoms with Crippen LogP contribution in [0.15, 0.2) is 48.8 Å². The largest absolute Gasteiger partial charge is 0.492 e. The van der Waals surface area contributed by atoms with E-state index in [0.717, 1.165) is 18.4 Å². The van der Waals surface area contributed by atoms with E-state index in [-0.39, 0.29) is 5.82 Å². The monoisotopic (exact) mass is 469 g/mol. The number of hydrogen-bond donors (Lipinski definition) is 2. The average molecular weight is 470 g/mol. The van der Waals surface area contributed by atoms with Crippen molar-refractivity contribution < 1.29 is 13.3 Å². The second-order valence-electron chi connectivity index (χ2n) is 8.42. The molecule has 174 valence electrons. The van der Waals surface area contributed by atoms with Gasteiger partial charge in [-0.25, -0.2) is 14.4 Å². The summed E-state index contributed by atoms with van der Waals surface area (Å²) in [4.78, 5) is 13.0. The Morgan fingerprint density at radius 2 is 2.00 bits per heavy atom. The van der Waals surface area contributed by atoms with E-state index >= 15 is 0 Å². The van der Waals surface area contributed by atoms with Crippen molar-refractivity contribution in [2.24, 2.45) is 11.1 Å². The maximum absolute atomic E-state index is 14.0. The summed E-state index contributed by atoms with van der Waals surface area (Å²) in [5.41, 5.74) is 2.03. The first-order chi connectivity index (χ1) is 15.9. The van der Waals surface area contributed by atoms with Crippen LogP contribution in [-0.2, 0) is 9.71 Å². The Labute approximate surface area is 193 Å². The molecule has 0 amide bonds. The minimum absolute atomic E-state index is 0.324. The molecule has 4 rings (SSSR count). The van der Waals surface area contributed by atoms with Crippen molar-refractivity contribution in [2.75, 3.05) is 18.2 Å². The molecule has 0 bridgehead atoms. The fraction of sp³-hybridized carbons (Fsp3) is 0.333. The highest BCUT2D eigenvalue weighted by Crippen LogP contribution is 2.31. The van der Waals surface area contributed by atoms with Gasteiger partial charge < -0.3 is 10.1 Å². The van der Waals surface area contributed by atoms with Crippen molar-refractivity contribution in [3.8, 4) is 17.1 Å². The van der Waals surface area contributed by atoms with Crippen LogP contribution >= 0.6 is 0 Å². The number of anilines is 2.